The van der Waals surface area contributed by atoms with Gasteiger partial charge in [0.05, 0.1) is 30.6 Å². The molecule has 0 aliphatic carbocycles. The van der Waals surface area contributed by atoms with Gasteiger partial charge in [-0.1, -0.05) is 24.3 Å². The molecule has 2 N–H and O–H groups in total. The molecule has 5 rings (SSSR count). The number of halogens is 1. The van der Waals surface area contributed by atoms with E-state index in [1.54, 1.807) is 17.0 Å². The van der Waals surface area contributed by atoms with E-state index in [1.165, 1.54) is 13.2 Å². The predicted molar refractivity (Wildman–Crippen MR) is 121 cm³/mol. The minimum atomic E-state index is -1.15. The first-order chi connectivity index (χ1) is 15.9. The zero-order valence-corrected chi connectivity index (χ0v) is 18.0. The zero-order valence-electron chi connectivity index (χ0n) is 18.0. The standard InChI is InChI=1S/C25H22FN3O4/c1-33-21-7-6-14(10-17(21)26)11-19-25-24(15-4-2-3-5-18(15)28-25)16-8-9-29(13-20(16)27-19)22(30)12-23(31)32/h2-7,10,28H,8-9,11-13H2,1H3,(H,31,32). The van der Waals surface area contributed by atoms with Gasteiger partial charge >= 0.3 is 5.97 Å². The van der Waals surface area contributed by atoms with Crippen molar-refractivity contribution in [2.24, 2.45) is 0 Å². The van der Waals surface area contributed by atoms with Crippen LogP contribution < -0.4 is 4.74 Å². The second-order valence-electron chi connectivity index (χ2n) is 8.19. The molecule has 1 aliphatic rings. The van der Waals surface area contributed by atoms with Gasteiger partial charge in [0.15, 0.2) is 11.6 Å². The van der Waals surface area contributed by atoms with Gasteiger partial charge in [0.25, 0.3) is 0 Å². The number of hydrogen-bond donors (Lipinski definition) is 2. The van der Waals surface area contributed by atoms with Crippen molar-refractivity contribution in [3.8, 4) is 5.75 Å². The normalized spacial score (nSPS) is 13.3. The number of benzene rings is 2. The van der Waals surface area contributed by atoms with Gasteiger partial charge in [-0.15, -0.1) is 0 Å². The highest BCUT2D eigenvalue weighted by molar-refractivity contribution is 6.10. The number of fused-ring (bicyclic) bond motifs is 5. The van der Waals surface area contributed by atoms with E-state index in [1.807, 2.05) is 24.3 Å². The number of para-hydroxylation sites is 1. The Bertz CT molecular complexity index is 1410. The van der Waals surface area contributed by atoms with Gasteiger partial charge < -0.3 is 19.7 Å². The Morgan fingerprint density at radius 1 is 1.24 bits per heavy atom. The van der Waals surface area contributed by atoms with E-state index in [0.29, 0.717) is 19.4 Å². The van der Waals surface area contributed by atoms with Crippen LogP contribution in [0.25, 0.3) is 21.8 Å². The maximum Gasteiger partial charge on any atom is 0.312 e. The first-order valence-corrected chi connectivity index (χ1v) is 10.7. The summed E-state index contributed by atoms with van der Waals surface area (Å²) in [5.74, 6) is -1.83. The summed E-state index contributed by atoms with van der Waals surface area (Å²) in [6.45, 7) is 0.694. The van der Waals surface area contributed by atoms with Gasteiger partial charge in [-0.3, -0.25) is 14.6 Å². The molecular weight excluding hydrogens is 425 g/mol. The predicted octanol–water partition coefficient (Wildman–Crippen LogP) is 3.81. The van der Waals surface area contributed by atoms with E-state index in [4.69, 9.17) is 14.8 Å². The largest absolute Gasteiger partial charge is 0.494 e. The summed E-state index contributed by atoms with van der Waals surface area (Å²) in [6.07, 6.45) is 0.437. The first kappa shape index (κ1) is 20.9. The summed E-state index contributed by atoms with van der Waals surface area (Å²) >= 11 is 0. The Kier molecular flexibility index (Phi) is 5.20. The fraction of sp³-hybridized carbons (Fsp3) is 0.240. The van der Waals surface area contributed by atoms with Crippen LogP contribution in [0.1, 0.15) is 28.9 Å². The molecule has 0 atom stereocenters. The summed E-state index contributed by atoms with van der Waals surface area (Å²) < 4.78 is 19.3. The van der Waals surface area contributed by atoms with Crippen molar-refractivity contribution < 1.29 is 23.8 Å². The molecule has 3 heterocycles. The van der Waals surface area contributed by atoms with Crippen LogP contribution in [0.15, 0.2) is 42.5 Å². The molecule has 0 spiro atoms. The van der Waals surface area contributed by atoms with Crippen molar-refractivity contribution in [3.63, 3.8) is 0 Å². The van der Waals surface area contributed by atoms with Crippen LogP contribution in [0, 0.1) is 5.82 Å². The number of carboxylic acid groups (broad SMARTS) is 1. The molecule has 0 saturated carbocycles. The number of carboxylic acids is 1. The van der Waals surface area contributed by atoms with Crippen molar-refractivity contribution in [2.75, 3.05) is 13.7 Å². The minimum absolute atomic E-state index is 0.181. The third-order valence-electron chi connectivity index (χ3n) is 6.13. The van der Waals surface area contributed by atoms with Crippen LogP contribution in [0.4, 0.5) is 4.39 Å². The van der Waals surface area contributed by atoms with Gasteiger partial charge in [0.1, 0.15) is 6.42 Å². The number of rotatable bonds is 5. The summed E-state index contributed by atoms with van der Waals surface area (Å²) in [5, 5.41) is 11.1. The van der Waals surface area contributed by atoms with Crippen LogP contribution in [-0.2, 0) is 29.0 Å². The highest BCUT2D eigenvalue weighted by atomic mass is 19.1. The van der Waals surface area contributed by atoms with Crippen LogP contribution in [0.5, 0.6) is 5.75 Å². The van der Waals surface area contributed by atoms with E-state index in [9.17, 15) is 14.0 Å². The number of H-pyrrole nitrogens is 1. The van der Waals surface area contributed by atoms with E-state index in [0.717, 1.165) is 44.3 Å². The van der Waals surface area contributed by atoms with Crippen molar-refractivity contribution >= 4 is 33.7 Å². The smallest absolute Gasteiger partial charge is 0.312 e. The van der Waals surface area contributed by atoms with Crippen LogP contribution >= 0.6 is 0 Å². The van der Waals surface area contributed by atoms with Crippen LogP contribution in [0.2, 0.25) is 0 Å². The van der Waals surface area contributed by atoms with E-state index >= 15 is 0 Å². The Morgan fingerprint density at radius 3 is 2.82 bits per heavy atom. The molecule has 0 bridgehead atoms. The Labute approximate surface area is 188 Å². The molecule has 0 fully saturated rings. The van der Waals surface area contributed by atoms with Crippen molar-refractivity contribution in [2.45, 2.75) is 25.8 Å². The molecule has 1 amide bonds. The van der Waals surface area contributed by atoms with E-state index < -0.39 is 24.1 Å². The number of ether oxygens (including phenoxy) is 1. The number of pyridine rings is 1. The van der Waals surface area contributed by atoms with Gasteiger partial charge in [-0.05, 0) is 35.7 Å². The van der Waals surface area contributed by atoms with Gasteiger partial charge in [0, 0.05) is 29.3 Å². The number of hydrogen-bond acceptors (Lipinski definition) is 4. The zero-order chi connectivity index (χ0) is 23.1. The lowest BCUT2D eigenvalue weighted by Crippen LogP contribution is -2.37. The molecule has 168 valence electrons. The molecular formula is C25H22FN3O4. The number of nitrogens with zero attached hydrogens (tertiary/aromatic N) is 2. The first-order valence-electron chi connectivity index (χ1n) is 10.7. The molecule has 7 nitrogen and oxygen atoms in total. The second-order valence-corrected chi connectivity index (χ2v) is 8.19. The molecule has 4 aromatic rings. The van der Waals surface area contributed by atoms with E-state index in [-0.39, 0.29) is 12.3 Å². The van der Waals surface area contributed by atoms with Crippen molar-refractivity contribution in [1.82, 2.24) is 14.9 Å². The monoisotopic (exact) mass is 447 g/mol. The number of aromatic amines is 1. The maximum atomic E-state index is 14.3. The minimum Gasteiger partial charge on any atom is -0.494 e. The van der Waals surface area contributed by atoms with Gasteiger partial charge in [-0.25, -0.2) is 4.39 Å². The average molecular weight is 447 g/mol. The summed E-state index contributed by atoms with van der Waals surface area (Å²) in [7, 11) is 1.43. The number of amides is 1. The second kappa shape index (κ2) is 8.20. The maximum absolute atomic E-state index is 14.3. The molecule has 33 heavy (non-hydrogen) atoms. The van der Waals surface area contributed by atoms with E-state index in [2.05, 4.69) is 4.98 Å². The summed E-state index contributed by atoms with van der Waals surface area (Å²) in [5.41, 5.74) is 5.19. The van der Waals surface area contributed by atoms with Crippen molar-refractivity contribution in [1.29, 1.82) is 0 Å². The van der Waals surface area contributed by atoms with Crippen molar-refractivity contribution in [3.05, 3.63) is 70.8 Å². The SMILES string of the molecule is COc1ccc(Cc2nc3c(c4c2[nH]c2ccccc24)CCN(C(=O)CC(=O)O)C3)cc1F. The highest BCUT2D eigenvalue weighted by Gasteiger charge is 2.27. The number of carbonyl (C=O) groups is 2. The highest BCUT2D eigenvalue weighted by Crippen LogP contribution is 2.35. The lowest BCUT2D eigenvalue weighted by Gasteiger charge is -2.29. The third kappa shape index (κ3) is 3.77. The quantitative estimate of drug-likeness (QED) is 0.454. The topological polar surface area (TPSA) is 95.5 Å². The van der Waals surface area contributed by atoms with Crippen LogP contribution in [0.3, 0.4) is 0 Å². The average Bonchev–Trinajstić information content (AvgIpc) is 3.19. The Hall–Kier alpha value is -3.94. The molecule has 0 unspecified atom stereocenters. The summed E-state index contributed by atoms with van der Waals surface area (Å²) in [4.78, 5) is 33.3. The van der Waals surface area contributed by atoms with Gasteiger partial charge in [0.2, 0.25) is 5.91 Å². The molecule has 0 saturated heterocycles. The number of aromatic nitrogens is 2. The van der Waals surface area contributed by atoms with Gasteiger partial charge in [-0.2, -0.15) is 0 Å². The Morgan fingerprint density at radius 2 is 2.06 bits per heavy atom. The molecule has 1 aliphatic heterocycles. The lowest BCUT2D eigenvalue weighted by molar-refractivity contribution is -0.144. The molecule has 2 aromatic carbocycles. The fourth-order valence-electron chi connectivity index (χ4n) is 4.60. The fourth-order valence-corrected chi connectivity index (χ4v) is 4.60. The number of methoxy groups -OCH3 is 1. The Balaban J connectivity index is 1.62. The molecule has 0 radical (unpaired) electrons. The number of nitrogens with one attached hydrogen (secondary N) is 1. The molecule has 8 heteroatoms. The molecule has 2 aromatic heterocycles. The summed E-state index contributed by atoms with van der Waals surface area (Å²) in [6, 6.07) is 12.8. The number of carbonyl (C=O) groups excluding carboxylic acids is 1. The lowest BCUT2D eigenvalue weighted by atomic mass is 9.96. The third-order valence-corrected chi connectivity index (χ3v) is 6.13. The van der Waals surface area contributed by atoms with Crippen LogP contribution in [-0.4, -0.2) is 45.5 Å². The number of aliphatic carboxylic acids is 1.